The third kappa shape index (κ3) is 4.37. The maximum absolute atomic E-state index is 12.9. The largest absolute Gasteiger partial charge is 0.494 e. The Kier molecular flexibility index (Phi) is 4.98. The molecule has 0 radical (unpaired) electrons. The summed E-state index contributed by atoms with van der Waals surface area (Å²) in [6.45, 7) is 2.41. The maximum Gasteiger partial charge on any atom is 0.248 e. The monoisotopic (exact) mass is 341 g/mol. The number of anilines is 1. The molecule has 8 heteroatoms. The van der Waals surface area contributed by atoms with Crippen LogP contribution in [0.3, 0.4) is 0 Å². The van der Waals surface area contributed by atoms with Gasteiger partial charge in [0.1, 0.15) is 18.1 Å². The van der Waals surface area contributed by atoms with E-state index in [4.69, 9.17) is 4.74 Å². The van der Waals surface area contributed by atoms with Crippen molar-refractivity contribution in [2.45, 2.75) is 13.5 Å². The van der Waals surface area contributed by atoms with Gasteiger partial charge in [-0.2, -0.15) is 4.80 Å². The molecule has 0 aliphatic rings. The summed E-state index contributed by atoms with van der Waals surface area (Å²) >= 11 is 0. The van der Waals surface area contributed by atoms with Crippen LogP contribution in [0.25, 0.3) is 11.4 Å². The first-order valence-corrected chi connectivity index (χ1v) is 7.70. The number of aromatic nitrogens is 4. The number of benzene rings is 2. The second-order valence-electron chi connectivity index (χ2n) is 5.16. The SMILES string of the molecule is CCOc1ccc(NC(=O)Cn2nnc(-c3ccc(F)cc3)n2)cc1. The molecule has 3 rings (SSSR count). The summed E-state index contributed by atoms with van der Waals surface area (Å²) in [5.41, 5.74) is 1.27. The lowest BCUT2D eigenvalue weighted by molar-refractivity contribution is -0.117. The average Bonchev–Trinajstić information content (AvgIpc) is 3.06. The molecule has 0 spiro atoms. The highest BCUT2D eigenvalue weighted by Gasteiger charge is 2.10. The highest BCUT2D eigenvalue weighted by atomic mass is 19.1. The predicted octanol–water partition coefficient (Wildman–Crippen LogP) is 2.52. The fourth-order valence-electron chi connectivity index (χ4n) is 2.15. The summed E-state index contributed by atoms with van der Waals surface area (Å²) in [6.07, 6.45) is 0. The molecule has 0 saturated carbocycles. The first-order valence-electron chi connectivity index (χ1n) is 7.70. The van der Waals surface area contributed by atoms with Crippen LogP contribution in [0, 0.1) is 5.82 Å². The normalized spacial score (nSPS) is 10.5. The number of tetrazole rings is 1. The van der Waals surface area contributed by atoms with Crippen molar-refractivity contribution in [2.75, 3.05) is 11.9 Å². The van der Waals surface area contributed by atoms with Gasteiger partial charge in [0, 0.05) is 11.3 Å². The van der Waals surface area contributed by atoms with Gasteiger partial charge in [0.05, 0.1) is 6.61 Å². The van der Waals surface area contributed by atoms with Crippen molar-refractivity contribution in [3.63, 3.8) is 0 Å². The first-order chi connectivity index (χ1) is 12.1. The number of rotatable bonds is 6. The number of halogens is 1. The molecule has 0 aliphatic heterocycles. The highest BCUT2D eigenvalue weighted by Crippen LogP contribution is 2.16. The molecule has 0 bridgehead atoms. The van der Waals surface area contributed by atoms with E-state index in [9.17, 15) is 9.18 Å². The Morgan fingerprint density at radius 2 is 1.88 bits per heavy atom. The number of carbonyl (C=O) groups is 1. The predicted molar refractivity (Wildman–Crippen MR) is 89.5 cm³/mol. The zero-order chi connectivity index (χ0) is 17.6. The number of carbonyl (C=O) groups excluding carboxylic acids is 1. The summed E-state index contributed by atoms with van der Waals surface area (Å²) in [4.78, 5) is 13.2. The second kappa shape index (κ2) is 7.52. The molecule has 1 aromatic heterocycles. The van der Waals surface area contributed by atoms with Crippen LogP contribution in [-0.2, 0) is 11.3 Å². The molecule has 0 fully saturated rings. The van der Waals surface area contributed by atoms with Crippen LogP contribution in [0.2, 0.25) is 0 Å². The average molecular weight is 341 g/mol. The summed E-state index contributed by atoms with van der Waals surface area (Å²) in [7, 11) is 0. The minimum absolute atomic E-state index is 0.0819. The zero-order valence-corrected chi connectivity index (χ0v) is 13.5. The van der Waals surface area contributed by atoms with Gasteiger partial charge in [-0.15, -0.1) is 10.2 Å². The van der Waals surface area contributed by atoms with Crippen molar-refractivity contribution < 1.29 is 13.9 Å². The Morgan fingerprint density at radius 1 is 1.16 bits per heavy atom. The van der Waals surface area contributed by atoms with Gasteiger partial charge >= 0.3 is 0 Å². The van der Waals surface area contributed by atoms with Gasteiger partial charge in [0.15, 0.2) is 0 Å². The van der Waals surface area contributed by atoms with Crippen molar-refractivity contribution in [3.8, 4) is 17.1 Å². The minimum Gasteiger partial charge on any atom is -0.494 e. The van der Waals surface area contributed by atoms with Crippen LogP contribution in [0.5, 0.6) is 5.75 Å². The van der Waals surface area contributed by atoms with E-state index in [1.165, 1.54) is 16.9 Å². The van der Waals surface area contributed by atoms with Crippen LogP contribution < -0.4 is 10.1 Å². The van der Waals surface area contributed by atoms with E-state index < -0.39 is 0 Å². The number of amides is 1. The van der Waals surface area contributed by atoms with Gasteiger partial charge in [0.25, 0.3) is 0 Å². The molecule has 0 saturated heterocycles. The molecule has 0 aliphatic carbocycles. The molecular weight excluding hydrogens is 325 g/mol. The lowest BCUT2D eigenvalue weighted by Crippen LogP contribution is -2.20. The third-order valence-corrected chi connectivity index (χ3v) is 3.29. The van der Waals surface area contributed by atoms with Crippen molar-refractivity contribution in [3.05, 3.63) is 54.3 Å². The summed E-state index contributed by atoms with van der Waals surface area (Å²) in [5.74, 6) is 0.439. The van der Waals surface area contributed by atoms with Gasteiger partial charge < -0.3 is 10.1 Å². The molecule has 128 valence electrons. The molecule has 7 nitrogen and oxygen atoms in total. The molecule has 1 N–H and O–H groups in total. The van der Waals surface area contributed by atoms with Crippen LogP contribution in [0.1, 0.15) is 6.92 Å². The second-order valence-corrected chi connectivity index (χ2v) is 5.16. The summed E-state index contributed by atoms with van der Waals surface area (Å²) in [6, 6.07) is 12.8. The fourth-order valence-corrected chi connectivity index (χ4v) is 2.15. The minimum atomic E-state index is -0.342. The first kappa shape index (κ1) is 16.6. The Morgan fingerprint density at radius 3 is 2.56 bits per heavy atom. The number of ether oxygens (including phenoxy) is 1. The molecule has 0 atom stereocenters. The highest BCUT2D eigenvalue weighted by molar-refractivity contribution is 5.90. The van der Waals surface area contributed by atoms with Gasteiger partial charge in [-0.25, -0.2) is 4.39 Å². The van der Waals surface area contributed by atoms with E-state index in [1.807, 2.05) is 6.92 Å². The number of hydrogen-bond acceptors (Lipinski definition) is 5. The van der Waals surface area contributed by atoms with Gasteiger partial charge in [-0.1, -0.05) is 0 Å². The lowest BCUT2D eigenvalue weighted by atomic mass is 10.2. The Bertz CT molecular complexity index is 846. The van der Waals surface area contributed by atoms with E-state index >= 15 is 0 Å². The molecular formula is C17H16FN5O2. The molecule has 25 heavy (non-hydrogen) atoms. The maximum atomic E-state index is 12.9. The third-order valence-electron chi connectivity index (χ3n) is 3.29. The van der Waals surface area contributed by atoms with Gasteiger partial charge in [-0.05, 0) is 60.7 Å². The smallest absolute Gasteiger partial charge is 0.248 e. The summed E-state index contributed by atoms with van der Waals surface area (Å²) in [5, 5.41) is 14.6. The van der Waals surface area contributed by atoms with Crippen molar-refractivity contribution in [1.82, 2.24) is 20.2 Å². The Balaban J connectivity index is 1.60. The molecule has 1 amide bonds. The quantitative estimate of drug-likeness (QED) is 0.745. The lowest BCUT2D eigenvalue weighted by Gasteiger charge is -2.06. The zero-order valence-electron chi connectivity index (χ0n) is 13.5. The van der Waals surface area contributed by atoms with Crippen LogP contribution in [0.15, 0.2) is 48.5 Å². The van der Waals surface area contributed by atoms with Gasteiger partial charge in [0.2, 0.25) is 11.7 Å². The van der Waals surface area contributed by atoms with E-state index in [1.54, 1.807) is 36.4 Å². The molecule has 3 aromatic rings. The van der Waals surface area contributed by atoms with Crippen molar-refractivity contribution in [1.29, 1.82) is 0 Å². The van der Waals surface area contributed by atoms with Crippen molar-refractivity contribution in [2.24, 2.45) is 0 Å². The van der Waals surface area contributed by atoms with E-state index in [2.05, 4.69) is 20.7 Å². The summed E-state index contributed by atoms with van der Waals surface area (Å²) < 4.78 is 18.3. The van der Waals surface area contributed by atoms with Crippen LogP contribution in [0.4, 0.5) is 10.1 Å². The molecule has 2 aromatic carbocycles. The molecule has 0 unspecified atom stereocenters. The molecule has 1 heterocycles. The standard InChI is InChI=1S/C17H16FN5O2/c1-2-25-15-9-7-14(8-10-15)19-16(24)11-23-21-17(20-22-23)12-3-5-13(18)6-4-12/h3-10H,2,11H2,1H3,(H,19,24). The fraction of sp³-hybridized carbons (Fsp3) is 0.176. The van der Waals surface area contributed by atoms with E-state index in [0.717, 1.165) is 5.75 Å². The number of nitrogens with one attached hydrogen (secondary N) is 1. The van der Waals surface area contributed by atoms with E-state index in [0.29, 0.717) is 23.7 Å². The number of nitrogens with zero attached hydrogens (tertiary/aromatic N) is 4. The Labute approximate surface area is 143 Å². The topological polar surface area (TPSA) is 81.9 Å². The van der Waals surface area contributed by atoms with Crippen LogP contribution >= 0.6 is 0 Å². The Hall–Kier alpha value is -3.29. The number of hydrogen-bond donors (Lipinski definition) is 1. The van der Waals surface area contributed by atoms with Gasteiger partial charge in [-0.3, -0.25) is 4.79 Å². The van der Waals surface area contributed by atoms with E-state index in [-0.39, 0.29) is 18.3 Å². The van der Waals surface area contributed by atoms with Crippen molar-refractivity contribution >= 4 is 11.6 Å². The van der Waals surface area contributed by atoms with Crippen LogP contribution in [-0.4, -0.2) is 32.7 Å².